The molecular formula is C12H17N3O5S. The van der Waals surface area contributed by atoms with Gasteiger partial charge in [0.1, 0.15) is 5.70 Å². The number of hydrogen-bond acceptors (Lipinski definition) is 6. The summed E-state index contributed by atoms with van der Waals surface area (Å²) in [5, 5.41) is 18.9. The van der Waals surface area contributed by atoms with E-state index in [-0.39, 0.29) is 29.3 Å². The van der Waals surface area contributed by atoms with Crippen molar-refractivity contribution in [1.82, 2.24) is 10.3 Å². The first-order valence-corrected chi connectivity index (χ1v) is 7.57. The minimum Gasteiger partial charge on any atom is -0.477 e. The van der Waals surface area contributed by atoms with Crippen LogP contribution in [-0.2, 0) is 14.4 Å². The first kappa shape index (κ1) is 15.8. The summed E-state index contributed by atoms with van der Waals surface area (Å²) in [6.45, 7) is 1.53. The molecule has 2 aliphatic rings. The lowest BCUT2D eigenvalue weighted by Gasteiger charge is -2.44. The highest BCUT2D eigenvalue weighted by molar-refractivity contribution is 8.00. The Kier molecular flexibility index (Phi) is 4.55. The Morgan fingerprint density at radius 2 is 2.24 bits per heavy atom. The number of fused-ring (bicyclic) bond motifs is 1. The molecule has 8 nitrogen and oxygen atoms in total. The van der Waals surface area contributed by atoms with Crippen LogP contribution in [0.3, 0.4) is 0 Å². The highest BCUT2D eigenvalue weighted by Gasteiger charge is 2.56. The lowest BCUT2D eigenvalue weighted by atomic mass is 9.83. The van der Waals surface area contributed by atoms with Crippen molar-refractivity contribution in [3.63, 3.8) is 0 Å². The van der Waals surface area contributed by atoms with Gasteiger partial charge in [0, 0.05) is 5.75 Å². The molecule has 2 amide bonds. The molecule has 0 aliphatic carbocycles. The second kappa shape index (κ2) is 6.04. The van der Waals surface area contributed by atoms with E-state index in [0.717, 1.165) is 0 Å². The summed E-state index contributed by atoms with van der Waals surface area (Å²) in [6.07, 6.45) is -0.385. The van der Waals surface area contributed by atoms with Gasteiger partial charge in [-0.05, 0) is 18.9 Å². The third-order valence-electron chi connectivity index (χ3n) is 3.69. The number of aliphatic carboxylic acids is 1. The maximum Gasteiger partial charge on any atom is 0.352 e. The van der Waals surface area contributed by atoms with Crippen LogP contribution in [0.1, 0.15) is 13.3 Å². The number of rotatable bonds is 6. The molecule has 0 aromatic heterocycles. The summed E-state index contributed by atoms with van der Waals surface area (Å²) < 4.78 is 0. The van der Waals surface area contributed by atoms with Gasteiger partial charge in [-0.15, -0.1) is 11.8 Å². The number of aliphatic hydroxyl groups excluding tert-OH is 1. The molecule has 1 saturated heterocycles. The molecule has 0 aromatic rings. The Labute approximate surface area is 125 Å². The van der Waals surface area contributed by atoms with Gasteiger partial charge in [0.15, 0.2) is 0 Å². The zero-order valence-corrected chi connectivity index (χ0v) is 12.2. The molecular weight excluding hydrogens is 298 g/mol. The van der Waals surface area contributed by atoms with Crippen LogP contribution in [0.2, 0.25) is 0 Å². The van der Waals surface area contributed by atoms with Crippen molar-refractivity contribution >= 4 is 29.5 Å². The van der Waals surface area contributed by atoms with Crippen LogP contribution in [0.5, 0.6) is 0 Å². The number of nitrogens with one attached hydrogen (secondary N) is 1. The number of carboxylic acid groups (broad SMARTS) is 1. The van der Waals surface area contributed by atoms with Crippen molar-refractivity contribution in [1.29, 1.82) is 0 Å². The molecule has 0 radical (unpaired) electrons. The average Bonchev–Trinajstić information content (AvgIpc) is 2.72. The third kappa shape index (κ3) is 2.76. The third-order valence-corrected chi connectivity index (χ3v) is 4.71. The number of nitrogens with zero attached hydrogens (tertiary/aromatic N) is 1. The molecule has 0 bridgehead atoms. The highest BCUT2D eigenvalue weighted by Crippen LogP contribution is 2.44. The van der Waals surface area contributed by atoms with Gasteiger partial charge >= 0.3 is 5.97 Å². The Hall–Kier alpha value is -1.58. The SMILES string of the molecule is CC(O)C1C(=O)N2C(C(=O)O)=C(CSCC(=O)NN)CC12. The van der Waals surface area contributed by atoms with Crippen molar-refractivity contribution in [2.45, 2.75) is 25.5 Å². The first-order valence-electron chi connectivity index (χ1n) is 6.42. The van der Waals surface area contributed by atoms with E-state index in [0.29, 0.717) is 17.7 Å². The summed E-state index contributed by atoms with van der Waals surface area (Å²) in [5.74, 6) is 3.01. The zero-order valence-electron chi connectivity index (χ0n) is 11.4. The molecule has 21 heavy (non-hydrogen) atoms. The Balaban J connectivity index is 2.08. The molecule has 2 heterocycles. The first-order chi connectivity index (χ1) is 9.88. The van der Waals surface area contributed by atoms with Crippen LogP contribution in [0.15, 0.2) is 11.3 Å². The molecule has 2 aliphatic heterocycles. The maximum absolute atomic E-state index is 12.0. The van der Waals surface area contributed by atoms with Gasteiger partial charge in [0.05, 0.1) is 23.8 Å². The number of aliphatic hydroxyl groups is 1. The normalized spacial score (nSPS) is 25.5. The summed E-state index contributed by atoms with van der Waals surface area (Å²) in [5.41, 5.74) is 2.59. The monoisotopic (exact) mass is 315 g/mol. The van der Waals surface area contributed by atoms with Crippen LogP contribution in [-0.4, -0.2) is 56.5 Å². The van der Waals surface area contributed by atoms with Gasteiger partial charge in [0.25, 0.3) is 0 Å². The van der Waals surface area contributed by atoms with E-state index >= 15 is 0 Å². The van der Waals surface area contributed by atoms with Crippen molar-refractivity contribution < 1.29 is 24.6 Å². The van der Waals surface area contributed by atoms with Crippen molar-refractivity contribution in [2.75, 3.05) is 11.5 Å². The van der Waals surface area contributed by atoms with Gasteiger partial charge < -0.3 is 15.1 Å². The largest absolute Gasteiger partial charge is 0.477 e. The average molecular weight is 315 g/mol. The van der Waals surface area contributed by atoms with Crippen molar-refractivity contribution in [2.24, 2.45) is 11.8 Å². The fourth-order valence-corrected chi connectivity index (χ4v) is 3.67. The summed E-state index contributed by atoms with van der Waals surface area (Å²) in [6, 6.07) is -0.289. The van der Waals surface area contributed by atoms with Gasteiger partial charge in [0.2, 0.25) is 11.8 Å². The number of carboxylic acids is 1. The fourth-order valence-electron chi connectivity index (χ4n) is 2.80. The minimum absolute atomic E-state index is 0.0115. The Bertz CT molecular complexity index is 519. The van der Waals surface area contributed by atoms with E-state index < -0.39 is 18.0 Å². The van der Waals surface area contributed by atoms with Gasteiger partial charge in [-0.25, -0.2) is 10.6 Å². The number of carbonyl (C=O) groups excluding carboxylic acids is 2. The predicted molar refractivity (Wildman–Crippen MR) is 74.7 cm³/mol. The number of hydrogen-bond donors (Lipinski definition) is 4. The molecule has 0 spiro atoms. The Morgan fingerprint density at radius 3 is 2.76 bits per heavy atom. The van der Waals surface area contributed by atoms with E-state index in [1.807, 2.05) is 5.43 Å². The van der Waals surface area contributed by atoms with E-state index in [2.05, 4.69) is 0 Å². The van der Waals surface area contributed by atoms with Crippen LogP contribution < -0.4 is 11.3 Å². The lowest BCUT2D eigenvalue weighted by molar-refractivity contribution is -0.161. The topological polar surface area (TPSA) is 133 Å². The van der Waals surface area contributed by atoms with Crippen molar-refractivity contribution in [3.05, 3.63) is 11.3 Å². The van der Waals surface area contributed by atoms with Crippen molar-refractivity contribution in [3.8, 4) is 0 Å². The van der Waals surface area contributed by atoms with E-state index in [9.17, 15) is 24.6 Å². The number of hydrazine groups is 1. The fraction of sp³-hybridized carbons (Fsp3) is 0.583. The van der Waals surface area contributed by atoms with Crippen LogP contribution in [0, 0.1) is 5.92 Å². The van der Waals surface area contributed by atoms with E-state index in [1.54, 1.807) is 0 Å². The lowest BCUT2D eigenvalue weighted by Crippen LogP contribution is -2.61. The molecule has 0 saturated carbocycles. The zero-order chi connectivity index (χ0) is 15.7. The molecule has 116 valence electrons. The standard InChI is InChI=1S/C12H17N3O5S/c1-5(16)9-7-2-6(3-21-4-8(17)14-13)10(12(19)20)15(7)11(9)18/h5,7,9,16H,2-4,13H2,1H3,(H,14,17)(H,19,20). The smallest absolute Gasteiger partial charge is 0.352 e. The van der Waals surface area contributed by atoms with Gasteiger partial charge in [-0.3, -0.25) is 15.0 Å². The second-order valence-corrected chi connectivity index (χ2v) is 6.05. The second-order valence-electron chi connectivity index (χ2n) is 5.06. The molecule has 2 rings (SSSR count). The van der Waals surface area contributed by atoms with Gasteiger partial charge in [-0.2, -0.15) is 0 Å². The van der Waals surface area contributed by atoms with Crippen LogP contribution in [0.25, 0.3) is 0 Å². The minimum atomic E-state index is -1.16. The molecule has 3 unspecified atom stereocenters. The molecule has 3 atom stereocenters. The number of thioether (sulfide) groups is 1. The number of carbonyl (C=O) groups is 3. The summed E-state index contributed by atoms with van der Waals surface area (Å²) in [4.78, 5) is 35.6. The van der Waals surface area contributed by atoms with Gasteiger partial charge in [-0.1, -0.05) is 0 Å². The molecule has 0 aromatic carbocycles. The number of amides is 2. The predicted octanol–water partition coefficient (Wildman–Crippen LogP) is -1.34. The highest BCUT2D eigenvalue weighted by atomic mass is 32.2. The van der Waals surface area contributed by atoms with E-state index in [4.69, 9.17) is 5.84 Å². The Morgan fingerprint density at radius 1 is 1.57 bits per heavy atom. The maximum atomic E-state index is 12.0. The van der Waals surface area contributed by atoms with Crippen LogP contribution >= 0.6 is 11.8 Å². The summed E-state index contributed by atoms with van der Waals surface area (Å²) >= 11 is 1.23. The number of nitrogens with two attached hydrogens (primary N) is 1. The molecule has 9 heteroatoms. The van der Waals surface area contributed by atoms with Crippen LogP contribution in [0.4, 0.5) is 0 Å². The van der Waals surface area contributed by atoms with E-state index in [1.165, 1.54) is 23.6 Å². The summed E-state index contributed by atoms with van der Waals surface area (Å²) in [7, 11) is 0. The molecule has 1 fully saturated rings. The quantitative estimate of drug-likeness (QED) is 0.206. The molecule has 5 N–H and O–H groups in total. The number of β-lactam (4-membered cyclic amide) rings is 1.